The lowest BCUT2D eigenvalue weighted by atomic mass is 10.0. The summed E-state index contributed by atoms with van der Waals surface area (Å²) in [5, 5.41) is 23.1. The van der Waals surface area contributed by atoms with E-state index in [4.69, 9.17) is 4.74 Å². The van der Waals surface area contributed by atoms with Crippen LogP contribution in [0.15, 0.2) is 60.8 Å². The molecule has 0 aliphatic carbocycles. The van der Waals surface area contributed by atoms with E-state index in [0.29, 0.717) is 19.4 Å². The number of carbonyl (C=O) groups is 2. The highest BCUT2D eigenvalue weighted by molar-refractivity contribution is 5.76. The molecule has 0 aliphatic rings. The van der Waals surface area contributed by atoms with Crippen LogP contribution in [0, 0.1) is 0 Å². The highest BCUT2D eigenvalue weighted by atomic mass is 16.5. The van der Waals surface area contributed by atoms with E-state index in [-0.39, 0.29) is 18.5 Å². The van der Waals surface area contributed by atoms with Gasteiger partial charge in [0.25, 0.3) is 0 Å². The lowest BCUT2D eigenvalue weighted by Gasteiger charge is -2.20. The SMILES string of the molecule is CCCCC/C=C\C/C=C\CCCCCCCCCC(=O)OCCCCC/C=C\C/C=C\CCCCCCCCCC(=O)NC(CO)C(O)/C=C/CCCCCCCCCCCCCCCCC. The molecule has 0 radical (unpaired) electrons. The Labute approximate surface area is 422 Å². The van der Waals surface area contributed by atoms with Crippen LogP contribution in [0.25, 0.3) is 0 Å². The molecule has 0 rings (SSSR count). The topological polar surface area (TPSA) is 95.9 Å². The second kappa shape index (κ2) is 57.1. The van der Waals surface area contributed by atoms with E-state index >= 15 is 0 Å². The average molecular weight is 953 g/mol. The van der Waals surface area contributed by atoms with Crippen LogP contribution in [0.1, 0.15) is 296 Å². The first-order chi connectivity index (χ1) is 33.5. The average Bonchev–Trinajstić information content (AvgIpc) is 3.34. The van der Waals surface area contributed by atoms with Gasteiger partial charge >= 0.3 is 5.97 Å². The molecule has 3 N–H and O–H groups in total. The molecule has 2 atom stereocenters. The van der Waals surface area contributed by atoms with Crippen LogP contribution in [-0.2, 0) is 14.3 Å². The number of unbranched alkanes of at least 4 members (excludes halogenated alkanes) is 35. The lowest BCUT2D eigenvalue weighted by Crippen LogP contribution is -2.45. The number of ether oxygens (including phenoxy) is 1. The van der Waals surface area contributed by atoms with Crippen LogP contribution in [0.5, 0.6) is 0 Å². The van der Waals surface area contributed by atoms with E-state index in [1.807, 2.05) is 6.08 Å². The summed E-state index contributed by atoms with van der Waals surface area (Å²) in [6.07, 6.45) is 73.8. The molecular formula is C62H113NO5. The largest absolute Gasteiger partial charge is 0.466 e. The molecule has 6 nitrogen and oxygen atoms in total. The number of aliphatic hydroxyl groups is 2. The first-order valence-corrected chi connectivity index (χ1v) is 29.6. The van der Waals surface area contributed by atoms with Crippen molar-refractivity contribution >= 4 is 11.9 Å². The molecule has 0 aromatic heterocycles. The number of hydrogen-bond acceptors (Lipinski definition) is 5. The van der Waals surface area contributed by atoms with Crippen molar-refractivity contribution in [3.8, 4) is 0 Å². The standard InChI is InChI=1S/C62H113NO5/c1-3-5-7-9-11-13-15-17-19-22-26-30-34-38-42-46-50-54-60(65)59(58-64)63-61(66)55-51-47-43-39-35-31-27-24-21-25-29-33-37-41-45-49-53-57-68-62(67)56-52-48-44-40-36-32-28-23-20-18-16-14-12-10-8-6-4-2/h12,14,18,20-21,25,33,37,50,54,59-60,64-65H,3-11,13,15-17,19,22-24,26-32,34-36,38-49,51-53,55-58H2,1-2H3,(H,63,66)/b14-12-,20-18-,25-21-,37-33-,54-50+. The summed E-state index contributed by atoms with van der Waals surface area (Å²) in [5.74, 6) is -0.109. The molecule has 0 heterocycles. The predicted octanol–water partition coefficient (Wildman–Crippen LogP) is 18.4. The van der Waals surface area contributed by atoms with Gasteiger partial charge in [0.2, 0.25) is 5.91 Å². The number of allylic oxidation sites excluding steroid dienone is 9. The summed E-state index contributed by atoms with van der Waals surface area (Å²) in [5.41, 5.74) is 0. The highest BCUT2D eigenvalue weighted by Gasteiger charge is 2.18. The molecule has 2 unspecified atom stereocenters. The van der Waals surface area contributed by atoms with Crippen molar-refractivity contribution < 1.29 is 24.5 Å². The Bertz CT molecular complexity index is 1190. The van der Waals surface area contributed by atoms with Gasteiger partial charge < -0.3 is 20.3 Å². The van der Waals surface area contributed by atoms with Gasteiger partial charge in [-0.2, -0.15) is 0 Å². The minimum absolute atomic E-state index is 0.0248. The molecule has 396 valence electrons. The van der Waals surface area contributed by atoms with Crippen molar-refractivity contribution in [2.75, 3.05) is 13.2 Å². The van der Waals surface area contributed by atoms with Gasteiger partial charge in [0.1, 0.15) is 0 Å². The van der Waals surface area contributed by atoms with E-state index < -0.39 is 12.1 Å². The van der Waals surface area contributed by atoms with E-state index in [2.05, 4.69) is 67.8 Å². The molecular weight excluding hydrogens is 839 g/mol. The summed E-state index contributed by atoms with van der Waals surface area (Å²) < 4.78 is 5.46. The molecule has 68 heavy (non-hydrogen) atoms. The summed E-state index contributed by atoms with van der Waals surface area (Å²) in [4.78, 5) is 24.5. The lowest BCUT2D eigenvalue weighted by molar-refractivity contribution is -0.143. The Morgan fingerprint density at radius 2 is 0.735 bits per heavy atom. The number of carbonyl (C=O) groups excluding carboxylic acids is 2. The fourth-order valence-corrected chi connectivity index (χ4v) is 8.69. The van der Waals surface area contributed by atoms with Gasteiger partial charge in [0.15, 0.2) is 0 Å². The zero-order valence-electron chi connectivity index (χ0n) is 45.1. The van der Waals surface area contributed by atoms with Gasteiger partial charge in [0, 0.05) is 12.8 Å². The number of rotatable bonds is 54. The number of esters is 1. The number of amides is 1. The minimum Gasteiger partial charge on any atom is -0.466 e. The van der Waals surface area contributed by atoms with Crippen LogP contribution in [0.4, 0.5) is 0 Å². The van der Waals surface area contributed by atoms with Gasteiger partial charge in [-0.1, -0.05) is 242 Å². The van der Waals surface area contributed by atoms with Gasteiger partial charge in [0.05, 0.1) is 25.4 Å². The van der Waals surface area contributed by atoms with Crippen molar-refractivity contribution in [2.45, 2.75) is 309 Å². The Hall–Kier alpha value is -2.44. The fourth-order valence-electron chi connectivity index (χ4n) is 8.69. The Morgan fingerprint density at radius 1 is 0.412 bits per heavy atom. The van der Waals surface area contributed by atoms with Gasteiger partial charge in [-0.05, 0) is 103 Å². The van der Waals surface area contributed by atoms with Crippen LogP contribution in [0.3, 0.4) is 0 Å². The quantitative estimate of drug-likeness (QED) is 0.0321. The minimum atomic E-state index is -0.857. The number of hydrogen-bond donors (Lipinski definition) is 3. The predicted molar refractivity (Wildman–Crippen MR) is 296 cm³/mol. The second-order valence-corrected chi connectivity index (χ2v) is 20.0. The van der Waals surface area contributed by atoms with Gasteiger partial charge in [-0.15, -0.1) is 0 Å². The molecule has 0 fully saturated rings. The molecule has 1 amide bonds. The summed E-state index contributed by atoms with van der Waals surface area (Å²) in [6.45, 7) is 4.83. The van der Waals surface area contributed by atoms with Crippen molar-refractivity contribution in [1.29, 1.82) is 0 Å². The van der Waals surface area contributed by atoms with Crippen LogP contribution in [-0.4, -0.2) is 47.4 Å². The van der Waals surface area contributed by atoms with E-state index in [1.165, 1.54) is 180 Å². The Balaban J connectivity index is 3.54. The van der Waals surface area contributed by atoms with Crippen LogP contribution in [0.2, 0.25) is 0 Å². The van der Waals surface area contributed by atoms with E-state index in [0.717, 1.165) is 89.9 Å². The maximum atomic E-state index is 12.5. The third-order valence-electron chi connectivity index (χ3n) is 13.3. The monoisotopic (exact) mass is 952 g/mol. The van der Waals surface area contributed by atoms with Crippen molar-refractivity contribution in [3.63, 3.8) is 0 Å². The van der Waals surface area contributed by atoms with E-state index in [1.54, 1.807) is 6.08 Å². The highest BCUT2D eigenvalue weighted by Crippen LogP contribution is 2.16. The zero-order chi connectivity index (χ0) is 49.3. The number of nitrogens with one attached hydrogen (secondary N) is 1. The van der Waals surface area contributed by atoms with Gasteiger partial charge in [-0.3, -0.25) is 9.59 Å². The molecule has 0 saturated heterocycles. The molecule has 0 aromatic rings. The first kappa shape index (κ1) is 65.6. The molecule has 0 aliphatic heterocycles. The summed E-state index contributed by atoms with van der Waals surface area (Å²) in [6, 6.07) is -0.642. The molecule has 0 bridgehead atoms. The number of aliphatic hydroxyl groups excluding tert-OH is 2. The normalized spacial score (nSPS) is 13.1. The maximum absolute atomic E-state index is 12.5. The molecule has 0 spiro atoms. The maximum Gasteiger partial charge on any atom is 0.305 e. The van der Waals surface area contributed by atoms with Crippen molar-refractivity contribution in [1.82, 2.24) is 5.32 Å². The second-order valence-electron chi connectivity index (χ2n) is 20.0. The zero-order valence-corrected chi connectivity index (χ0v) is 45.1. The van der Waals surface area contributed by atoms with Crippen molar-refractivity contribution in [2.24, 2.45) is 0 Å². The smallest absolute Gasteiger partial charge is 0.305 e. The molecule has 6 heteroatoms. The Kier molecular flexibility index (Phi) is 55.1. The summed E-state index contributed by atoms with van der Waals surface area (Å²) >= 11 is 0. The molecule has 0 aromatic carbocycles. The van der Waals surface area contributed by atoms with Crippen molar-refractivity contribution in [3.05, 3.63) is 60.8 Å². The first-order valence-electron chi connectivity index (χ1n) is 29.6. The van der Waals surface area contributed by atoms with Crippen LogP contribution < -0.4 is 5.32 Å². The third-order valence-corrected chi connectivity index (χ3v) is 13.3. The van der Waals surface area contributed by atoms with E-state index in [9.17, 15) is 19.8 Å². The van der Waals surface area contributed by atoms with Gasteiger partial charge in [-0.25, -0.2) is 0 Å². The van der Waals surface area contributed by atoms with Crippen LogP contribution >= 0.6 is 0 Å². The molecule has 0 saturated carbocycles. The fraction of sp³-hybridized carbons (Fsp3) is 0.806. The Morgan fingerprint density at radius 3 is 1.15 bits per heavy atom. The third kappa shape index (κ3) is 52.9. The summed E-state index contributed by atoms with van der Waals surface area (Å²) in [7, 11) is 0.